The molecular weight excluding hydrogens is 328 g/mol. The van der Waals surface area contributed by atoms with Gasteiger partial charge in [-0.3, -0.25) is 0 Å². The number of rotatable bonds is 11. The number of carbonyl (C=O) groups is 1. The molecule has 0 bridgehead atoms. The number of hydrogen-bond donors (Lipinski definition) is 2. The summed E-state index contributed by atoms with van der Waals surface area (Å²) in [6.07, 6.45) is 17.1. The summed E-state index contributed by atoms with van der Waals surface area (Å²) in [5, 5.41) is 19.1. The summed E-state index contributed by atoms with van der Waals surface area (Å²) in [5.74, 6) is -2.98. The quantitative estimate of drug-likeness (QED) is 0.244. The van der Waals surface area contributed by atoms with Crippen molar-refractivity contribution in [3.63, 3.8) is 0 Å². The molecule has 2 N–H and O–H groups in total. The molecule has 26 heavy (non-hydrogen) atoms. The number of carbonyl (C=O) groups excluding carboxylic acids is 1. The molecule has 0 aromatic rings. The predicted molar refractivity (Wildman–Crippen MR) is 104 cm³/mol. The maximum atomic E-state index is 11.2. The van der Waals surface area contributed by atoms with Crippen LogP contribution in [0, 0.1) is 5.92 Å². The van der Waals surface area contributed by atoms with Crippen LogP contribution in [0.25, 0.3) is 0 Å². The van der Waals surface area contributed by atoms with Crippen molar-refractivity contribution in [2.45, 2.75) is 77.4 Å². The lowest BCUT2D eigenvalue weighted by Crippen LogP contribution is -2.38. The van der Waals surface area contributed by atoms with Gasteiger partial charge in [-0.15, -0.1) is 5.73 Å². The molecule has 0 radical (unpaired) electrons. The number of esters is 1. The Labute approximate surface area is 158 Å². The van der Waals surface area contributed by atoms with Gasteiger partial charge >= 0.3 is 5.97 Å². The molecule has 0 aliphatic heterocycles. The summed E-state index contributed by atoms with van der Waals surface area (Å²) >= 11 is 0. The first-order valence-electron chi connectivity index (χ1n) is 9.73. The summed E-state index contributed by atoms with van der Waals surface area (Å²) in [5.41, 5.74) is 5.81. The number of ether oxygens (including phenoxy) is 1. The van der Waals surface area contributed by atoms with Crippen molar-refractivity contribution in [2.75, 3.05) is 7.11 Å². The molecule has 0 spiro atoms. The van der Waals surface area contributed by atoms with Crippen LogP contribution in [0.4, 0.5) is 0 Å². The molecule has 0 aromatic heterocycles. The van der Waals surface area contributed by atoms with Gasteiger partial charge in [0, 0.05) is 6.42 Å². The van der Waals surface area contributed by atoms with Crippen molar-refractivity contribution in [1.82, 2.24) is 0 Å². The summed E-state index contributed by atoms with van der Waals surface area (Å²) < 4.78 is 4.34. The molecule has 0 fully saturated rings. The predicted octanol–water partition coefficient (Wildman–Crippen LogP) is 4.58. The number of aliphatic hydroxyl groups is 2. The van der Waals surface area contributed by atoms with Crippen LogP contribution in [0.5, 0.6) is 0 Å². The van der Waals surface area contributed by atoms with Gasteiger partial charge in [-0.25, -0.2) is 4.79 Å². The second-order valence-electron chi connectivity index (χ2n) is 7.03. The van der Waals surface area contributed by atoms with Crippen molar-refractivity contribution < 1.29 is 19.7 Å². The fraction of sp³-hybridized carbons (Fsp3) is 0.636. The van der Waals surface area contributed by atoms with E-state index in [2.05, 4.69) is 36.5 Å². The number of hydrogen-bond acceptors (Lipinski definition) is 4. The van der Waals surface area contributed by atoms with E-state index >= 15 is 0 Å². The Morgan fingerprint density at radius 1 is 1.31 bits per heavy atom. The van der Waals surface area contributed by atoms with Crippen molar-refractivity contribution in [1.29, 1.82) is 0 Å². The number of unbranched alkanes of at least 4 members (excludes halogenated alkanes) is 4. The van der Waals surface area contributed by atoms with Crippen molar-refractivity contribution >= 4 is 5.97 Å². The molecule has 0 unspecified atom stereocenters. The summed E-state index contributed by atoms with van der Waals surface area (Å²) in [6.45, 7) is 4.48. The fourth-order valence-electron chi connectivity index (χ4n) is 3.16. The van der Waals surface area contributed by atoms with Crippen LogP contribution in [0.3, 0.4) is 0 Å². The van der Waals surface area contributed by atoms with E-state index in [1.807, 2.05) is 6.08 Å². The topological polar surface area (TPSA) is 66.8 Å². The normalized spacial score (nSPS) is 17.5. The van der Waals surface area contributed by atoms with Crippen LogP contribution >= 0.6 is 0 Å². The van der Waals surface area contributed by atoms with Crippen LogP contribution in [0.2, 0.25) is 0 Å². The van der Waals surface area contributed by atoms with Gasteiger partial charge < -0.3 is 14.9 Å². The van der Waals surface area contributed by atoms with Crippen LogP contribution in [0.15, 0.2) is 41.2 Å². The highest BCUT2D eigenvalue weighted by Gasteiger charge is 2.32. The standard InChI is InChI=1S/C22H34O4/c1-4-5-6-7-8-10-13-19-16-15-18(2)20(19)14-11-9-12-17-22(24,25)21(23)26-3/h10-13,18,24-25H,4-8,14-17H2,1-3H3/t9?,18-/m0/s1. The highest BCUT2D eigenvalue weighted by molar-refractivity contribution is 5.77. The smallest absolute Gasteiger partial charge is 0.366 e. The number of allylic oxidation sites excluding steroid dienone is 4. The van der Waals surface area contributed by atoms with Gasteiger partial charge in [0.1, 0.15) is 0 Å². The van der Waals surface area contributed by atoms with E-state index in [0.717, 1.165) is 26.4 Å². The van der Waals surface area contributed by atoms with E-state index in [4.69, 9.17) is 0 Å². The molecule has 1 aliphatic carbocycles. The second kappa shape index (κ2) is 11.9. The Hall–Kier alpha value is -1.61. The molecule has 4 heteroatoms. The molecule has 1 aliphatic rings. The SMILES string of the molecule is CCCCCCC=CC1=C(CC=C=CCC(O)(O)C(=O)OC)[C@@H](C)CC1. The summed E-state index contributed by atoms with van der Waals surface area (Å²) in [6, 6.07) is 0. The zero-order valence-electron chi connectivity index (χ0n) is 16.5. The molecular formula is C22H34O4. The van der Waals surface area contributed by atoms with Crippen LogP contribution in [0.1, 0.15) is 71.6 Å². The highest BCUT2D eigenvalue weighted by Crippen LogP contribution is 2.34. The molecule has 4 nitrogen and oxygen atoms in total. The zero-order valence-corrected chi connectivity index (χ0v) is 16.5. The first-order valence-corrected chi connectivity index (χ1v) is 9.73. The van der Waals surface area contributed by atoms with Crippen molar-refractivity contribution in [3.8, 4) is 0 Å². The molecule has 0 saturated heterocycles. The first kappa shape index (κ1) is 22.4. The lowest BCUT2D eigenvalue weighted by atomic mass is 9.99. The van der Waals surface area contributed by atoms with Gasteiger partial charge in [-0.1, -0.05) is 50.8 Å². The van der Waals surface area contributed by atoms with Gasteiger partial charge in [-0.2, -0.15) is 0 Å². The highest BCUT2D eigenvalue weighted by atomic mass is 16.6. The molecule has 0 heterocycles. The van der Waals surface area contributed by atoms with Gasteiger partial charge in [0.05, 0.1) is 7.11 Å². The summed E-state index contributed by atoms with van der Waals surface area (Å²) in [7, 11) is 1.12. The van der Waals surface area contributed by atoms with Gasteiger partial charge in [0.25, 0.3) is 5.79 Å². The maximum absolute atomic E-state index is 11.2. The molecule has 0 saturated carbocycles. The Kier molecular flexibility index (Phi) is 10.3. The average molecular weight is 363 g/mol. The Balaban J connectivity index is 2.57. The van der Waals surface area contributed by atoms with E-state index in [1.165, 1.54) is 49.3 Å². The minimum Gasteiger partial charge on any atom is -0.465 e. The third-order valence-corrected chi connectivity index (χ3v) is 4.85. The van der Waals surface area contributed by atoms with E-state index in [1.54, 1.807) is 0 Å². The van der Waals surface area contributed by atoms with Crippen molar-refractivity contribution in [3.05, 3.63) is 41.2 Å². The van der Waals surface area contributed by atoms with Crippen LogP contribution in [-0.2, 0) is 9.53 Å². The zero-order chi connectivity index (χ0) is 19.4. The Morgan fingerprint density at radius 3 is 2.77 bits per heavy atom. The lowest BCUT2D eigenvalue weighted by Gasteiger charge is -2.15. The maximum Gasteiger partial charge on any atom is 0.366 e. The molecule has 146 valence electrons. The average Bonchev–Trinajstić information content (AvgIpc) is 2.97. The van der Waals surface area contributed by atoms with Gasteiger partial charge in [-0.05, 0) is 55.7 Å². The first-order chi connectivity index (χ1) is 12.4. The van der Waals surface area contributed by atoms with E-state index in [9.17, 15) is 15.0 Å². The molecule has 0 amide bonds. The van der Waals surface area contributed by atoms with Crippen LogP contribution < -0.4 is 0 Å². The molecule has 0 aromatic carbocycles. The van der Waals surface area contributed by atoms with Gasteiger partial charge in [0.2, 0.25) is 0 Å². The minimum absolute atomic E-state index is 0.241. The van der Waals surface area contributed by atoms with E-state index in [-0.39, 0.29) is 6.42 Å². The lowest BCUT2D eigenvalue weighted by molar-refractivity contribution is -0.205. The second-order valence-corrected chi connectivity index (χ2v) is 7.03. The minimum atomic E-state index is -2.48. The largest absolute Gasteiger partial charge is 0.465 e. The van der Waals surface area contributed by atoms with Crippen LogP contribution in [-0.4, -0.2) is 29.1 Å². The third-order valence-electron chi connectivity index (χ3n) is 4.85. The third kappa shape index (κ3) is 7.74. The summed E-state index contributed by atoms with van der Waals surface area (Å²) in [4.78, 5) is 11.2. The monoisotopic (exact) mass is 362 g/mol. The Morgan fingerprint density at radius 2 is 2.08 bits per heavy atom. The van der Waals surface area contributed by atoms with Gasteiger partial charge in [0.15, 0.2) is 0 Å². The van der Waals surface area contributed by atoms with E-state index in [0.29, 0.717) is 5.92 Å². The number of methoxy groups -OCH3 is 1. The van der Waals surface area contributed by atoms with E-state index < -0.39 is 11.8 Å². The van der Waals surface area contributed by atoms with Crippen molar-refractivity contribution in [2.24, 2.45) is 5.92 Å². The molecule has 1 rings (SSSR count). The molecule has 1 atom stereocenters. The Bertz CT molecular complexity index is 563. The fourth-order valence-corrected chi connectivity index (χ4v) is 3.16.